The third-order valence-electron chi connectivity index (χ3n) is 2.82. The Hall–Kier alpha value is -0.770. The average molecular weight is 230 g/mol. The highest BCUT2D eigenvalue weighted by Gasteiger charge is 2.27. The van der Waals surface area contributed by atoms with Gasteiger partial charge in [0.15, 0.2) is 0 Å². The van der Waals surface area contributed by atoms with Crippen molar-refractivity contribution in [2.24, 2.45) is 5.73 Å². The van der Waals surface area contributed by atoms with Crippen LogP contribution in [0, 0.1) is 0 Å². The summed E-state index contributed by atoms with van der Waals surface area (Å²) in [6, 6.07) is 5.66. The predicted molar refractivity (Wildman–Crippen MR) is 61.5 cm³/mol. The lowest BCUT2D eigenvalue weighted by atomic mass is 9.86. The van der Waals surface area contributed by atoms with E-state index in [2.05, 4.69) is 0 Å². The van der Waals surface area contributed by atoms with E-state index >= 15 is 0 Å². The van der Waals surface area contributed by atoms with E-state index in [1.807, 2.05) is 18.2 Å². The summed E-state index contributed by atoms with van der Waals surface area (Å²) in [5.74, 6) is 0.741. The molecule has 1 aromatic rings. The van der Waals surface area contributed by atoms with E-state index < -0.39 is 6.10 Å². The second-order valence-electron chi connectivity index (χ2n) is 3.68. The van der Waals surface area contributed by atoms with Crippen molar-refractivity contribution in [3.05, 3.63) is 29.3 Å². The number of halogens is 1. The van der Waals surface area contributed by atoms with E-state index in [9.17, 15) is 5.11 Å². The molecule has 84 valence electrons. The van der Waals surface area contributed by atoms with E-state index in [1.165, 1.54) is 0 Å². The molecule has 1 aromatic carbocycles. The second kappa shape index (κ2) is 4.84. The van der Waals surface area contributed by atoms with Crippen molar-refractivity contribution in [2.75, 3.05) is 7.11 Å². The van der Waals surface area contributed by atoms with Gasteiger partial charge >= 0.3 is 0 Å². The van der Waals surface area contributed by atoms with Crippen LogP contribution < -0.4 is 10.5 Å². The van der Waals surface area contributed by atoms with Crippen molar-refractivity contribution in [1.29, 1.82) is 0 Å². The van der Waals surface area contributed by atoms with E-state index in [1.54, 1.807) is 7.11 Å². The molecule has 4 heteroatoms. The van der Waals surface area contributed by atoms with Gasteiger partial charge in [0, 0.05) is 11.6 Å². The lowest BCUT2D eigenvalue weighted by Gasteiger charge is -2.28. The largest absolute Gasteiger partial charge is 0.496 e. The number of aryl methyl sites for hydroxylation is 1. The Bertz CT molecular complexity index is 329. The van der Waals surface area contributed by atoms with Crippen LogP contribution >= 0.6 is 12.4 Å². The summed E-state index contributed by atoms with van der Waals surface area (Å²) < 4.78 is 5.22. The van der Waals surface area contributed by atoms with Crippen LogP contribution in [0.2, 0.25) is 0 Å². The van der Waals surface area contributed by atoms with Gasteiger partial charge in [0.1, 0.15) is 5.75 Å². The summed E-state index contributed by atoms with van der Waals surface area (Å²) >= 11 is 0. The summed E-state index contributed by atoms with van der Waals surface area (Å²) in [6.45, 7) is 0. The number of hydrogen-bond donors (Lipinski definition) is 2. The predicted octanol–water partition coefficient (Wildman–Crippen LogP) is 1.42. The van der Waals surface area contributed by atoms with Crippen LogP contribution in [0.1, 0.15) is 23.7 Å². The minimum atomic E-state index is -0.588. The molecule has 15 heavy (non-hydrogen) atoms. The van der Waals surface area contributed by atoms with Crippen LogP contribution in [0.3, 0.4) is 0 Å². The first-order valence-electron chi connectivity index (χ1n) is 4.83. The fourth-order valence-electron chi connectivity index (χ4n) is 2.02. The molecule has 2 rings (SSSR count). The summed E-state index contributed by atoms with van der Waals surface area (Å²) in [4.78, 5) is 0. The molecule has 0 saturated carbocycles. The van der Waals surface area contributed by atoms with Crippen LogP contribution in [0.25, 0.3) is 0 Å². The molecule has 0 saturated heterocycles. The Kier molecular flexibility index (Phi) is 3.97. The van der Waals surface area contributed by atoms with E-state index in [-0.39, 0.29) is 18.4 Å². The number of methoxy groups -OCH3 is 1. The molecule has 0 radical (unpaired) electrons. The van der Waals surface area contributed by atoms with Crippen LogP contribution in [0.15, 0.2) is 18.2 Å². The average Bonchev–Trinajstić information content (AvgIpc) is 2.23. The van der Waals surface area contributed by atoms with Gasteiger partial charge in [-0.25, -0.2) is 0 Å². The molecule has 0 spiro atoms. The molecule has 0 bridgehead atoms. The number of benzene rings is 1. The summed E-state index contributed by atoms with van der Waals surface area (Å²) in [6.07, 6.45) is 1.17. The number of rotatable bonds is 1. The SMILES string of the molecule is COc1cccc2c1C(O)C(N)CC2.Cl. The van der Waals surface area contributed by atoms with Gasteiger partial charge in [0.2, 0.25) is 0 Å². The zero-order valence-electron chi connectivity index (χ0n) is 8.64. The number of hydrogen-bond acceptors (Lipinski definition) is 3. The topological polar surface area (TPSA) is 55.5 Å². The molecule has 3 nitrogen and oxygen atoms in total. The zero-order chi connectivity index (χ0) is 10.1. The summed E-state index contributed by atoms with van der Waals surface area (Å²) in [5, 5.41) is 9.94. The molecular formula is C11H16ClNO2. The van der Waals surface area contributed by atoms with Crippen molar-refractivity contribution in [1.82, 2.24) is 0 Å². The first kappa shape index (κ1) is 12.3. The molecule has 2 atom stereocenters. The molecule has 0 fully saturated rings. The smallest absolute Gasteiger partial charge is 0.124 e. The van der Waals surface area contributed by atoms with Crippen molar-refractivity contribution in [2.45, 2.75) is 25.0 Å². The van der Waals surface area contributed by atoms with Gasteiger partial charge in [-0.15, -0.1) is 12.4 Å². The maximum atomic E-state index is 9.94. The van der Waals surface area contributed by atoms with Gasteiger partial charge in [-0.3, -0.25) is 0 Å². The van der Waals surface area contributed by atoms with Gasteiger partial charge in [-0.05, 0) is 24.5 Å². The van der Waals surface area contributed by atoms with Crippen molar-refractivity contribution < 1.29 is 9.84 Å². The maximum absolute atomic E-state index is 9.94. The molecular weight excluding hydrogens is 214 g/mol. The standard InChI is InChI=1S/C11H15NO2.ClH/c1-14-9-4-2-3-7-5-6-8(12)11(13)10(7)9;/h2-4,8,11,13H,5-6,12H2,1H3;1H. The highest BCUT2D eigenvalue weighted by atomic mass is 35.5. The highest BCUT2D eigenvalue weighted by Crippen LogP contribution is 2.35. The zero-order valence-corrected chi connectivity index (χ0v) is 9.46. The molecule has 3 N–H and O–H groups in total. The molecule has 0 heterocycles. The Morgan fingerprint density at radius 3 is 2.87 bits per heavy atom. The third kappa shape index (κ3) is 2.09. The fourth-order valence-corrected chi connectivity index (χ4v) is 2.02. The molecule has 0 aromatic heterocycles. The normalized spacial score (nSPS) is 23.9. The summed E-state index contributed by atoms with van der Waals surface area (Å²) in [7, 11) is 1.61. The van der Waals surface area contributed by atoms with Gasteiger partial charge in [-0.1, -0.05) is 12.1 Å². The lowest BCUT2D eigenvalue weighted by Crippen LogP contribution is -2.33. The summed E-state index contributed by atoms with van der Waals surface area (Å²) in [5.41, 5.74) is 7.83. The highest BCUT2D eigenvalue weighted by molar-refractivity contribution is 5.85. The molecule has 0 aliphatic heterocycles. The molecule has 1 aliphatic carbocycles. The van der Waals surface area contributed by atoms with Crippen molar-refractivity contribution >= 4 is 12.4 Å². The Morgan fingerprint density at radius 2 is 2.20 bits per heavy atom. The van der Waals surface area contributed by atoms with E-state index in [4.69, 9.17) is 10.5 Å². The first-order chi connectivity index (χ1) is 6.74. The van der Waals surface area contributed by atoms with Crippen LogP contribution in [0.4, 0.5) is 0 Å². The van der Waals surface area contributed by atoms with Crippen molar-refractivity contribution in [3.8, 4) is 5.75 Å². The van der Waals surface area contributed by atoms with E-state index in [0.717, 1.165) is 29.7 Å². The van der Waals surface area contributed by atoms with Gasteiger partial charge in [-0.2, -0.15) is 0 Å². The van der Waals surface area contributed by atoms with Gasteiger partial charge < -0.3 is 15.6 Å². The lowest BCUT2D eigenvalue weighted by molar-refractivity contribution is 0.130. The minimum absolute atomic E-state index is 0. The Morgan fingerprint density at radius 1 is 1.47 bits per heavy atom. The number of fused-ring (bicyclic) bond motifs is 1. The third-order valence-corrected chi connectivity index (χ3v) is 2.82. The second-order valence-corrected chi connectivity index (χ2v) is 3.68. The quantitative estimate of drug-likeness (QED) is 0.766. The molecule has 1 aliphatic rings. The molecule has 0 amide bonds. The van der Waals surface area contributed by atoms with Crippen LogP contribution in [-0.2, 0) is 6.42 Å². The number of aliphatic hydroxyl groups excluding tert-OH is 1. The Labute approximate surface area is 95.7 Å². The van der Waals surface area contributed by atoms with E-state index in [0.29, 0.717) is 0 Å². The van der Waals surface area contributed by atoms with Crippen LogP contribution in [0.5, 0.6) is 5.75 Å². The van der Waals surface area contributed by atoms with Gasteiger partial charge in [0.05, 0.1) is 13.2 Å². The van der Waals surface area contributed by atoms with Crippen molar-refractivity contribution in [3.63, 3.8) is 0 Å². The number of aliphatic hydroxyl groups is 1. The first-order valence-corrected chi connectivity index (χ1v) is 4.83. The van der Waals surface area contributed by atoms with Crippen LogP contribution in [-0.4, -0.2) is 18.3 Å². The fraction of sp³-hybridized carbons (Fsp3) is 0.455. The maximum Gasteiger partial charge on any atom is 0.124 e. The number of ether oxygens (including phenoxy) is 1. The monoisotopic (exact) mass is 229 g/mol. The van der Waals surface area contributed by atoms with Gasteiger partial charge in [0.25, 0.3) is 0 Å². The molecule has 2 unspecified atom stereocenters. The minimum Gasteiger partial charge on any atom is -0.496 e. The Balaban J connectivity index is 0.00000112. The number of nitrogens with two attached hydrogens (primary N) is 1.